The molecule has 0 spiro atoms. The number of rotatable bonds is 2. The Morgan fingerprint density at radius 1 is 1.36 bits per heavy atom. The molecule has 5 nitrogen and oxygen atoms in total. The first-order valence-corrected chi connectivity index (χ1v) is 8.13. The van der Waals surface area contributed by atoms with Crippen molar-refractivity contribution in [1.29, 1.82) is 5.26 Å². The van der Waals surface area contributed by atoms with Crippen LogP contribution in [0.1, 0.15) is 23.8 Å². The Morgan fingerprint density at radius 2 is 2.12 bits per heavy atom. The predicted molar refractivity (Wildman–Crippen MR) is 86.8 cm³/mol. The molecule has 2 aromatic rings. The first-order chi connectivity index (χ1) is 11.7. The lowest BCUT2D eigenvalue weighted by Crippen LogP contribution is -2.45. The number of pyridine rings is 1. The van der Waals surface area contributed by atoms with Gasteiger partial charge in [-0.1, -0.05) is 0 Å². The van der Waals surface area contributed by atoms with Crippen molar-refractivity contribution in [1.82, 2.24) is 4.98 Å². The number of halogens is 3. The highest BCUT2D eigenvalue weighted by molar-refractivity contribution is 7.10. The highest BCUT2D eigenvalue weighted by Gasteiger charge is 2.49. The van der Waals surface area contributed by atoms with Gasteiger partial charge in [-0.25, -0.2) is 4.99 Å². The average molecular weight is 366 g/mol. The smallest absolute Gasteiger partial charge is 0.411 e. The number of ether oxygens (including phenoxy) is 1. The van der Waals surface area contributed by atoms with Gasteiger partial charge in [0.15, 0.2) is 6.04 Å². The number of nitrogens with two attached hydrogens (primary N) is 1. The normalized spacial score (nSPS) is 23.5. The van der Waals surface area contributed by atoms with Crippen molar-refractivity contribution in [3.63, 3.8) is 0 Å². The molecule has 2 aromatic heterocycles. The zero-order valence-electron chi connectivity index (χ0n) is 13.0. The van der Waals surface area contributed by atoms with Gasteiger partial charge in [0.1, 0.15) is 11.7 Å². The molecule has 9 heteroatoms. The quantitative estimate of drug-likeness (QED) is 0.881. The van der Waals surface area contributed by atoms with Gasteiger partial charge in [-0.3, -0.25) is 4.98 Å². The Labute approximate surface area is 145 Å². The second kappa shape index (κ2) is 6.04. The molecule has 0 unspecified atom stereocenters. The molecule has 130 valence electrons. The van der Waals surface area contributed by atoms with Crippen LogP contribution in [0, 0.1) is 11.3 Å². The second-order valence-corrected chi connectivity index (χ2v) is 6.75. The molecule has 0 saturated heterocycles. The molecule has 0 fully saturated rings. The van der Waals surface area contributed by atoms with E-state index in [2.05, 4.69) is 9.98 Å². The third kappa shape index (κ3) is 3.44. The van der Waals surface area contributed by atoms with Crippen molar-refractivity contribution in [2.75, 3.05) is 0 Å². The maximum Gasteiger partial charge on any atom is 0.411 e. The Bertz CT molecular complexity index is 871. The molecule has 0 aromatic carbocycles. The fourth-order valence-electron chi connectivity index (χ4n) is 2.63. The molecule has 0 aliphatic carbocycles. The lowest BCUT2D eigenvalue weighted by molar-refractivity contribution is -0.163. The number of hydrogen-bond donors (Lipinski definition) is 1. The Kier molecular flexibility index (Phi) is 4.16. The minimum Gasteiger partial charge on any atom is -0.453 e. The lowest BCUT2D eigenvalue weighted by atomic mass is 9.93. The number of amidine groups is 1. The van der Waals surface area contributed by atoms with Gasteiger partial charge in [-0.2, -0.15) is 18.4 Å². The van der Waals surface area contributed by atoms with Crippen LogP contribution >= 0.6 is 11.3 Å². The summed E-state index contributed by atoms with van der Waals surface area (Å²) in [5, 5.41) is 10.7. The minimum absolute atomic E-state index is 0.354. The largest absolute Gasteiger partial charge is 0.453 e. The van der Waals surface area contributed by atoms with Gasteiger partial charge in [0, 0.05) is 29.3 Å². The maximum atomic E-state index is 13.1. The Morgan fingerprint density at radius 3 is 2.80 bits per heavy atom. The van der Waals surface area contributed by atoms with E-state index in [1.807, 2.05) is 6.07 Å². The first kappa shape index (κ1) is 17.2. The summed E-state index contributed by atoms with van der Waals surface area (Å²) in [5.74, 6) is 0. The van der Waals surface area contributed by atoms with E-state index in [4.69, 9.17) is 15.7 Å². The van der Waals surface area contributed by atoms with Gasteiger partial charge < -0.3 is 10.5 Å². The average Bonchev–Trinajstić information content (AvgIpc) is 3.04. The standard InChI is InChI=1S/C16H13F3N4OS/c1-15(4-12(16(17,18)19)23-14(21)24-15)13-3-11(8-25-13)10-2-9(5-20)6-22-7-10/h2-3,6-8,12H,4H2,1H3,(H2,21,23)/t12-,15-/m0/s1. The molecule has 25 heavy (non-hydrogen) atoms. The summed E-state index contributed by atoms with van der Waals surface area (Å²) in [4.78, 5) is 7.95. The summed E-state index contributed by atoms with van der Waals surface area (Å²) in [7, 11) is 0. The topological polar surface area (TPSA) is 84.3 Å². The molecule has 2 atom stereocenters. The highest BCUT2D eigenvalue weighted by atomic mass is 32.1. The van der Waals surface area contributed by atoms with Crippen molar-refractivity contribution >= 4 is 17.4 Å². The highest BCUT2D eigenvalue weighted by Crippen LogP contribution is 2.43. The van der Waals surface area contributed by atoms with Gasteiger partial charge in [0.2, 0.25) is 0 Å². The van der Waals surface area contributed by atoms with E-state index in [1.54, 1.807) is 30.6 Å². The predicted octanol–water partition coefficient (Wildman–Crippen LogP) is 3.56. The molecule has 0 amide bonds. The third-order valence-corrected chi connectivity index (χ3v) is 5.07. The summed E-state index contributed by atoms with van der Waals surface area (Å²) in [6, 6.07) is 3.02. The van der Waals surface area contributed by atoms with Crippen LogP contribution in [-0.4, -0.2) is 23.2 Å². The molecule has 3 heterocycles. The second-order valence-electron chi connectivity index (χ2n) is 5.84. The van der Waals surface area contributed by atoms with Gasteiger partial charge in [-0.15, -0.1) is 11.3 Å². The minimum atomic E-state index is -4.49. The van der Waals surface area contributed by atoms with Crippen molar-refractivity contribution in [3.05, 3.63) is 40.3 Å². The maximum absolute atomic E-state index is 13.1. The van der Waals surface area contributed by atoms with Crippen LogP contribution in [-0.2, 0) is 10.3 Å². The van der Waals surface area contributed by atoms with Crippen molar-refractivity contribution in [2.24, 2.45) is 10.7 Å². The van der Waals surface area contributed by atoms with E-state index in [0.717, 1.165) is 5.56 Å². The van der Waals surface area contributed by atoms with E-state index in [-0.39, 0.29) is 6.42 Å². The van der Waals surface area contributed by atoms with Crippen LogP contribution in [0.15, 0.2) is 34.9 Å². The van der Waals surface area contributed by atoms with Gasteiger partial charge in [-0.05, 0) is 30.0 Å². The fourth-order valence-corrected chi connectivity index (χ4v) is 3.66. The summed E-state index contributed by atoms with van der Waals surface area (Å²) in [6.07, 6.45) is -1.81. The number of aliphatic imine (C=N–C) groups is 1. The Hall–Kier alpha value is -2.60. The first-order valence-electron chi connectivity index (χ1n) is 7.25. The van der Waals surface area contributed by atoms with Crippen molar-refractivity contribution in [2.45, 2.75) is 31.2 Å². The molecule has 0 bridgehead atoms. The molecule has 0 saturated carbocycles. The zero-order valence-corrected chi connectivity index (χ0v) is 13.9. The van der Waals surface area contributed by atoms with Crippen LogP contribution in [0.4, 0.5) is 13.2 Å². The molecular formula is C16H13F3N4OS. The number of thiophene rings is 1. The summed E-state index contributed by atoms with van der Waals surface area (Å²) >= 11 is 1.26. The molecule has 1 aliphatic heterocycles. The van der Waals surface area contributed by atoms with Crippen LogP contribution < -0.4 is 5.73 Å². The SMILES string of the molecule is C[C@@]1(c2cc(-c3cncc(C#N)c3)cs2)C[C@@H](C(F)(F)F)N=C(N)O1. The van der Waals surface area contributed by atoms with Crippen molar-refractivity contribution < 1.29 is 17.9 Å². The number of nitriles is 1. The van der Waals surface area contributed by atoms with E-state index < -0.39 is 23.8 Å². The van der Waals surface area contributed by atoms with E-state index >= 15 is 0 Å². The third-order valence-electron chi connectivity index (χ3n) is 3.89. The van der Waals surface area contributed by atoms with E-state index in [0.29, 0.717) is 16.0 Å². The lowest BCUT2D eigenvalue weighted by Gasteiger charge is -2.36. The molecule has 0 radical (unpaired) electrons. The number of hydrogen-bond acceptors (Lipinski definition) is 6. The Balaban J connectivity index is 1.94. The van der Waals surface area contributed by atoms with E-state index in [1.165, 1.54) is 17.5 Å². The van der Waals surface area contributed by atoms with Crippen LogP contribution in [0.25, 0.3) is 11.1 Å². The number of aromatic nitrogens is 1. The van der Waals surface area contributed by atoms with Gasteiger partial charge >= 0.3 is 6.18 Å². The fraction of sp³-hybridized carbons (Fsp3) is 0.312. The summed E-state index contributed by atoms with van der Waals surface area (Å²) in [5.41, 5.74) is 6.10. The number of alkyl halides is 3. The molecule has 1 aliphatic rings. The van der Waals surface area contributed by atoms with Gasteiger partial charge in [0.05, 0.1) is 5.56 Å². The molecule has 2 N–H and O–H groups in total. The van der Waals surface area contributed by atoms with E-state index in [9.17, 15) is 13.2 Å². The van der Waals surface area contributed by atoms with Crippen molar-refractivity contribution in [3.8, 4) is 17.2 Å². The molecular weight excluding hydrogens is 353 g/mol. The zero-order chi connectivity index (χ0) is 18.2. The monoisotopic (exact) mass is 366 g/mol. The van der Waals surface area contributed by atoms with Gasteiger partial charge in [0.25, 0.3) is 6.02 Å². The summed E-state index contributed by atoms with van der Waals surface area (Å²) in [6.45, 7) is 1.56. The summed E-state index contributed by atoms with van der Waals surface area (Å²) < 4.78 is 44.7. The van der Waals surface area contributed by atoms with Crippen LogP contribution in [0.5, 0.6) is 0 Å². The van der Waals surface area contributed by atoms with Crippen LogP contribution in [0.2, 0.25) is 0 Å². The number of nitrogens with zero attached hydrogens (tertiary/aromatic N) is 3. The molecule has 3 rings (SSSR count). The van der Waals surface area contributed by atoms with Crippen LogP contribution in [0.3, 0.4) is 0 Å².